The first-order valence-corrected chi connectivity index (χ1v) is 13.9. The third kappa shape index (κ3) is 6.09. The number of hydrogen-bond donors (Lipinski definition) is 2. The average molecular weight is 511 g/mol. The van der Waals surface area contributed by atoms with Gasteiger partial charge in [0.25, 0.3) is 0 Å². The van der Waals surface area contributed by atoms with Gasteiger partial charge in [0, 0.05) is 25.5 Å². The molecule has 36 heavy (non-hydrogen) atoms. The van der Waals surface area contributed by atoms with Crippen molar-refractivity contribution < 1.29 is 17.6 Å². The van der Waals surface area contributed by atoms with Crippen LogP contribution in [-0.2, 0) is 15.6 Å². The first kappa shape index (κ1) is 25.8. The van der Waals surface area contributed by atoms with Gasteiger partial charge >= 0.3 is 6.03 Å². The topological polar surface area (TPSA) is 91.4 Å². The molecule has 2 amide bonds. The molecule has 1 aliphatic heterocycles. The number of pyridine rings is 1. The number of nitrogens with one attached hydrogen (secondary N) is 2. The quantitative estimate of drug-likeness (QED) is 0.412. The van der Waals surface area contributed by atoms with Crippen molar-refractivity contribution in [2.24, 2.45) is 0 Å². The average Bonchev–Trinajstić information content (AvgIpc) is 2.87. The lowest BCUT2D eigenvalue weighted by atomic mass is 9.81. The first-order valence-electron chi connectivity index (χ1n) is 12.0. The summed E-state index contributed by atoms with van der Waals surface area (Å²) in [6.07, 6.45) is 6.41. The Hall–Kier alpha value is -3.30. The number of carbonyl (C=O) groups excluding carboxylic acids is 1. The van der Waals surface area contributed by atoms with Crippen LogP contribution >= 0.6 is 0 Å². The Morgan fingerprint density at radius 1 is 1.11 bits per heavy atom. The van der Waals surface area contributed by atoms with Crippen LogP contribution in [-0.4, -0.2) is 43.7 Å². The molecule has 2 unspecified atom stereocenters. The first-order chi connectivity index (χ1) is 17.2. The molecule has 0 bridgehead atoms. The SMILES string of the molecule is CC(c1ccc(-c2ccc(F)cc2)cc1)N1CCC(CCCNS(C)(=O)=O)(c2cccnc2)NC1=O. The molecule has 2 atom stereocenters. The van der Waals surface area contributed by atoms with Crippen LogP contribution < -0.4 is 10.0 Å². The van der Waals surface area contributed by atoms with Crippen molar-refractivity contribution >= 4 is 16.1 Å². The van der Waals surface area contributed by atoms with E-state index in [1.807, 2.05) is 48.2 Å². The summed E-state index contributed by atoms with van der Waals surface area (Å²) in [4.78, 5) is 19.4. The monoisotopic (exact) mass is 510 g/mol. The van der Waals surface area contributed by atoms with Gasteiger partial charge in [-0.05, 0) is 66.6 Å². The highest BCUT2D eigenvalue weighted by Gasteiger charge is 2.40. The van der Waals surface area contributed by atoms with E-state index >= 15 is 0 Å². The smallest absolute Gasteiger partial charge is 0.318 e. The van der Waals surface area contributed by atoms with Gasteiger partial charge in [-0.25, -0.2) is 22.3 Å². The van der Waals surface area contributed by atoms with Crippen LogP contribution in [0.3, 0.4) is 0 Å². The highest BCUT2D eigenvalue weighted by Crippen LogP contribution is 2.36. The summed E-state index contributed by atoms with van der Waals surface area (Å²) in [5, 5.41) is 3.22. The number of aromatic nitrogens is 1. The Morgan fingerprint density at radius 2 is 1.78 bits per heavy atom. The van der Waals surface area contributed by atoms with Gasteiger partial charge in [-0.1, -0.05) is 42.5 Å². The van der Waals surface area contributed by atoms with E-state index in [-0.39, 0.29) is 17.9 Å². The maximum Gasteiger partial charge on any atom is 0.318 e. The third-order valence-corrected chi connectivity index (χ3v) is 7.51. The van der Waals surface area contributed by atoms with Gasteiger partial charge < -0.3 is 10.2 Å². The van der Waals surface area contributed by atoms with Crippen molar-refractivity contribution in [3.05, 3.63) is 90.0 Å². The predicted molar refractivity (Wildman–Crippen MR) is 138 cm³/mol. The molecule has 2 N–H and O–H groups in total. The van der Waals surface area contributed by atoms with Crippen molar-refractivity contribution in [2.45, 2.75) is 37.8 Å². The highest BCUT2D eigenvalue weighted by molar-refractivity contribution is 7.88. The lowest BCUT2D eigenvalue weighted by Crippen LogP contribution is -2.58. The van der Waals surface area contributed by atoms with Crippen LogP contribution in [0.1, 0.15) is 43.4 Å². The summed E-state index contributed by atoms with van der Waals surface area (Å²) in [6, 6.07) is 17.8. The van der Waals surface area contributed by atoms with Gasteiger partial charge in [0.05, 0.1) is 17.8 Å². The zero-order valence-corrected chi connectivity index (χ0v) is 21.3. The number of carbonyl (C=O) groups is 1. The summed E-state index contributed by atoms with van der Waals surface area (Å²) in [5.74, 6) is -0.269. The number of rotatable bonds is 9. The van der Waals surface area contributed by atoms with Gasteiger partial charge in [0.15, 0.2) is 0 Å². The van der Waals surface area contributed by atoms with E-state index in [1.165, 1.54) is 12.1 Å². The minimum atomic E-state index is -3.27. The van der Waals surface area contributed by atoms with Gasteiger partial charge in [-0.3, -0.25) is 4.98 Å². The lowest BCUT2D eigenvalue weighted by molar-refractivity contribution is 0.120. The van der Waals surface area contributed by atoms with Gasteiger partial charge in [-0.2, -0.15) is 0 Å². The molecule has 1 aliphatic rings. The third-order valence-electron chi connectivity index (χ3n) is 6.78. The fraction of sp³-hybridized carbons (Fsp3) is 0.333. The van der Waals surface area contributed by atoms with Crippen molar-refractivity contribution in [1.82, 2.24) is 19.9 Å². The Labute approximate surface area is 211 Å². The molecule has 1 saturated heterocycles. The molecule has 9 heteroatoms. The van der Waals surface area contributed by atoms with Crippen LogP contribution in [0.25, 0.3) is 11.1 Å². The molecule has 1 fully saturated rings. The Bertz CT molecular complexity index is 1280. The van der Waals surface area contributed by atoms with Crippen LogP contribution in [0.15, 0.2) is 73.1 Å². The molecule has 2 heterocycles. The molecule has 0 saturated carbocycles. The predicted octanol–water partition coefficient (Wildman–Crippen LogP) is 4.59. The molecular weight excluding hydrogens is 479 g/mol. The van der Waals surface area contributed by atoms with Crippen molar-refractivity contribution in [1.29, 1.82) is 0 Å². The second-order valence-corrected chi connectivity index (χ2v) is 11.1. The number of halogens is 1. The molecule has 0 aliphatic carbocycles. The normalized spacial score (nSPS) is 19.1. The molecule has 190 valence electrons. The number of amides is 2. The molecule has 0 radical (unpaired) electrons. The van der Waals surface area contributed by atoms with E-state index in [4.69, 9.17) is 0 Å². The maximum atomic E-state index is 13.4. The van der Waals surface area contributed by atoms with E-state index < -0.39 is 15.6 Å². The van der Waals surface area contributed by atoms with E-state index in [0.29, 0.717) is 32.4 Å². The molecule has 7 nitrogen and oxygen atoms in total. The van der Waals surface area contributed by atoms with E-state index in [0.717, 1.165) is 28.5 Å². The van der Waals surface area contributed by atoms with Crippen molar-refractivity contribution in [3.8, 4) is 11.1 Å². The standard InChI is InChI=1S/C27H31FN4O3S/c1-20(21-6-8-22(9-7-21)23-10-12-25(28)13-11-23)32-18-15-27(31-26(32)33,24-5-3-16-29-19-24)14-4-17-30-36(2,34)35/h3,5-13,16,19-20,30H,4,14-15,17-18H2,1-2H3,(H,31,33). The zero-order chi connectivity index (χ0) is 25.8. The van der Waals surface area contributed by atoms with Gasteiger partial charge in [-0.15, -0.1) is 0 Å². The van der Waals surface area contributed by atoms with Crippen LogP contribution in [0.2, 0.25) is 0 Å². The van der Waals surface area contributed by atoms with Gasteiger partial charge in [0.2, 0.25) is 10.0 Å². The van der Waals surface area contributed by atoms with E-state index in [9.17, 15) is 17.6 Å². The Kier molecular flexibility index (Phi) is 7.70. The fourth-order valence-corrected chi connectivity index (χ4v) is 5.25. The highest BCUT2D eigenvalue weighted by atomic mass is 32.2. The van der Waals surface area contributed by atoms with Crippen molar-refractivity contribution in [2.75, 3.05) is 19.3 Å². The summed E-state index contributed by atoms with van der Waals surface area (Å²) < 4.78 is 38.6. The molecule has 3 aromatic rings. The second kappa shape index (κ2) is 10.8. The Morgan fingerprint density at radius 3 is 2.36 bits per heavy atom. The Balaban J connectivity index is 1.47. The minimum absolute atomic E-state index is 0.147. The molecule has 0 spiro atoms. The number of benzene rings is 2. The van der Waals surface area contributed by atoms with Crippen LogP contribution in [0.4, 0.5) is 9.18 Å². The minimum Gasteiger partial charge on any atom is -0.328 e. The zero-order valence-electron chi connectivity index (χ0n) is 20.4. The molecule has 1 aromatic heterocycles. The summed E-state index contributed by atoms with van der Waals surface area (Å²) >= 11 is 0. The van der Waals surface area contributed by atoms with Crippen molar-refractivity contribution in [3.63, 3.8) is 0 Å². The van der Waals surface area contributed by atoms with Gasteiger partial charge in [0.1, 0.15) is 5.82 Å². The molecule has 2 aromatic carbocycles. The fourth-order valence-electron chi connectivity index (χ4n) is 4.74. The number of urea groups is 1. The summed E-state index contributed by atoms with van der Waals surface area (Å²) in [6.45, 7) is 2.85. The number of hydrogen-bond acceptors (Lipinski definition) is 4. The second-order valence-electron chi connectivity index (χ2n) is 9.27. The lowest BCUT2D eigenvalue weighted by Gasteiger charge is -2.45. The molecule has 4 rings (SSSR count). The van der Waals surface area contributed by atoms with E-state index in [2.05, 4.69) is 15.0 Å². The van der Waals surface area contributed by atoms with E-state index in [1.54, 1.807) is 24.5 Å². The largest absolute Gasteiger partial charge is 0.328 e. The number of sulfonamides is 1. The molecular formula is C27H31FN4O3S. The summed E-state index contributed by atoms with van der Waals surface area (Å²) in [5.41, 5.74) is 3.20. The van der Waals surface area contributed by atoms with Crippen LogP contribution in [0, 0.1) is 5.82 Å². The van der Waals surface area contributed by atoms with Crippen LogP contribution in [0.5, 0.6) is 0 Å². The maximum absolute atomic E-state index is 13.4. The number of nitrogens with zero attached hydrogens (tertiary/aromatic N) is 2. The summed E-state index contributed by atoms with van der Waals surface area (Å²) in [7, 11) is -3.27.